The molecule has 4 atom stereocenters. The lowest BCUT2D eigenvalue weighted by Crippen LogP contribution is -2.50. The van der Waals surface area contributed by atoms with Crippen molar-refractivity contribution < 1.29 is 14.3 Å². The second-order valence-electron chi connectivity index (χ2n) is 7.30. The van der Waals surface area contributed by atoms with Crippen LogP contribution in [0.5, 0.6) is 0 Å². The second-order valence-corrected chi connectivity index (χ2v) is 7.30. The number of H-pyrrole nitrogens is 1. The van der Waals surface area contributed by atoms with Crippen molar-refractivity contribution >= 4 is 23.1 Å². The first kappa shape index (κ1) is 14.8. The van der Waals surface area contributed by atoms with E-state index in [0.29, 0.717) is 12.1 Å². The molecule has 0 bridgehead atoms. The summed E-state index contributed by atoms with van der Waals surface area (Å²) >= 11 is 0. The Morgan fingerprint density at radius 2 is 2.16 bits per heavy atom. The van der Waals surface area contributed by atoms with Gasteiger partial charge in [0.2, 0.25) is 0 Å². The van der Waals surface area contributed by atoms with Gasteiger partial charge in [-0.3, -0.25) is 4.79 Å². The fourth-order valence-corrected chi connectivity index (χ4v) is 4.80. The van der Waals surface area contributed by atoms with E-state index in [0.717, 1.165) is 30.3 Å². The molecule has 3 aliphatic rings. The van der Waals surface area contributed by atoms with E-state index in [2.05, 4.69) is 23.2 Å². The molecule has 1 amide bonds. The lowest BCUT2D eigenvalue weighted by molar-refractivity contribution is -0.137. The molecule has 25 heavy (non-hydrogen) atoms. The van der Waals surface area contributed by atoms with Crippen LogP contribution in [0.25, 0.3) is 10.9 Å². The van der Waals surface area contributed by atoms with Crippen LogP contribution in [0.15, 0.2) is 36.1 Å². The van der Waals surface area contributed by atoms with Crippen molar-refractivity contribution in [2.45, 2.75) is 31.9 Å². The maximum absolute atomic E-state index is 13.0. The number of nitrogens with zero attached hydrogens (tertiary/aromatic N) is 1. The highest BCUT2D eigenvalue weighted by molar-refractivity contribution is 5.96. The molecular weight excluding hydrogens is 316 g/mol. The van der Waals surface area contributed by atoms with Gasteiger partial charge in [0, 0.05) is 29.1 Å². The summed E-state index contributed by atoms with van der Waals surface area (Å²) in [6.07, 6.45) is 3.99. The molecule has 1 saturated heterocycles. The summed E-state index contributed by atoms with van der Waals surface area (Å²) in [7, 11) is 0. The van der Waals surface area contributed by atoms with Crippen LogP contribution in [0.4, 0.5) is 0 Å². The molecule has 128 valence electrons. The van der Waals surface area contributed by atoms with Crippen LogP contribution >= 0.6 is 0 Å². The third kappa shape index (κ3) is 1.95. The van der Waals surface area contributed by atoms with Crippen LogP contribution in [0.3, 0.4) is 0 Å². The van der Waals surface area contributed by atoms with Crippen LogP contribution in [0.2, 0.25) is 0 Å². The van der Waals surface area contributed by atoms with E-state index in [1.54, 1.807) is 6.26 Å². The molecule has 0 saturated carbocycles. The number of fused-ring (bicyclic) bond motifs is 6. The molecular formula is C20H20N2O3. The Morgan fingerprint density at radius 1 is 1.32 bits per heavy atom. The highest BCUT2D eigenvalue weighted by Gasteiger charge is 2.47. The summed E-state index contributed by atoms with van der Waals surface area (Å²) in [5.41, 5.74) is 4.24. The number of carbonyl (C=O) groups excluding carboxylic acids is 2. The minimum atomic E-state index is -0.263. The molecule has 0 radical (unpaired) electrons. The molecule has 5 heteroatoms. The molecule has 1 aromatic heterocycles. The largest absolute Gasteiger partial charge is 0.497 e. The predicted octanol–water partition coefficient (Wildman–Crippen LogP) is 2.73. The van der Waals surface area contributed by atoms with E-state index < -0.39 is 0 Å². The topological polar surface area (TPSA) is 62.4 Å². The number of nitrogens with one attached hydrogen (secondary N) is 1. The average Bonchev–Trinajstić information content (AvgIpc) is 3.01. The van der Waals surface area contributed by atoms with E-state index in [-0.39, 0.29) is 29.9 Å². The first-order valence-corrected chi connectivity index (χ1v) is 8.90. The molecule has 0 aliphatic carbocycles. The van der Waals surface area contributed by atoms with Gasteiger partial charge in [-0.25, -0.2) is 0 Å². The zero-order chi connectivity index (χ0) is 17.1. The first-order chi connectivity index (χ1) is 12.2. The lowest BCUT2D eigenvalue weighted by Gasteiger charge is -2.46. The van der Waals surface area contributed by atoms with Gasteiger partial charge >= 0.3 is 0 Å². The zero-order valence-electron chi connectivity index (χ0n) is 14.1. The quantitative estimate of drug-likeness (QED) is 0.815. The van der Waals surface area contributed by atoms with Crippen molar-refractivity contribution in [3.8, 4) is 0 Å². The number of hydrogen-bond acceptors (Lipinski definition) is 3. The van der Waals surface area contributed by atoms with Crippen LogP contribution in [0.1, 0.15) is 30.6 Å². The van der Waals surface area contributed by atoms with Crippen LogP contribution < -0.4 is 0 Å². The first-order valence-electron chi connectivity index (χ1n) is 8.90. The molecule has 1 fully saturated rings. The number of carbonyl (C=O) groups is 2. The van der Waals surface area contributed by atoms with E-state index >= 15 is 0 Å². The van der Waals surface area contributed by atoms with Gasteiger partial charge in [0.25, 0.3) is 5.91 Å². The average molecular weight is 336 g/mol. The number of hydrogen-bond donors (Lipinski definition) is 1. The van der Waals surface area contributed by atoms with Gasteiger partial charge in [0.1, 0.15) is 12.4 Å². The van der Waals surface area contributed by atoms with Gasteiger partial charge in [-0.2, -0.15) is 0 Å². The highest BCUT2D eigenvalue weighted by atomic mass is 16.5. The van der Waals surface area contributed by atoms with Crippen LogP contribution in [0, 0.1) is 11.8 Å². The maximum atomic E-state index is 13.0. The van der Waals surface area contributed by atoms with E-state index in [1.807, 2.05) is 17.9 Å². The summed E-state index contributed by atoms with van der Waals surface area (Å²) in [6.45, 7) is 2.61. The smallest absolute Gasteiger partial charge is 0.253 e. The number of rotatable bonds is 1. The number of aromatic amines is 1. The Kier molecular flexibility index (Phi) is 3.08. The third-order valence-corrected chi connectivity index (χ3v) is 6.12. The summed E-state index contributed by atoms with van der Waals surface area (Å²) in [5, 5.41) is 1.25. The summed E-state index contributed by atoms with van der Waals surface area (Å²) in [4.78, 5) is 30.2. The SMILES string of the molecule is C[C@H]1OC=C2C(=O)N3CCc4c([nH]c5ccccc45)[C@H]3C[C@H]2[C@@H]1C=O. The van der Waals surface area contributed by atoms with E-state index in [4.69, 9.17) is 4.74 Å². The monoisotopic (exact) mass is 336 g/mol. The number of benzene rings is 1. The molecule has 3 aliphatic heterocycles. The van der Waals surface area contributed by atoms with Crippen molar-refractivity contribution in [1.29, 1.82) is 0 Å². The number of para-hydroxylation sites is 1. The molecule has 1 aromatic carbocycles. The standard InChI is InChI=1S/C20H20N2O3/c1-11-15(9-23)14-8-18-19-13(12-4-2-3-5-17(12)21-19)6-7-22(18)20(24)16(14)10-25-11/h2-5,9-11,14-15,18,21H,6-8H2,1H3/t11-,14+,15-,18-/m1/s1. The Bertz CT molecular complexity index is 913. The number of ether oxygens (including phenoxy) is 1. The molecule has 4 heterocycles. The maximum Gasteiger partial charge on any atom is 0.253 e. The van der Waals surface area contributed by atoms with Gasteiger partial charge < -0.3 is 19.4 Å². The van der Waals surface area contributed by atoms with Crippen molar-refractivity contribution in [2.75, 3.05) is 6.54 Å². The van der Waals surface area contributed by atoms with Crippen molar-refractivity contribution in [1.82, 2.24) is 9.88 Å². The molecule has 0 spiro atoms. The third-order valence-electron chi connectivity index (χ3n) is 6.12. The van der Waals surface area contributed by atoms with E-state index in [1.165, 1.54) is 10.9 Å². The Balaban J connectivity index is 1.62. The minimum Gasteiger partial charge on any atom is -0.497 e. The highest BCUT2D eigenvalue weighted by Crippen LogP contribution is 2.47. The molecule has 5 nitrogen and oxygen atoms in total. The van der Waals surface area contributed by atoms with Gasteiger partial charge in [-0.15, -0.1) is 0 Å². The van der Waals surface area contributed by atoms with Crippen LogP contribution in [-0.2, 0) is 20.7 Å². The Morgan fingerprint density at radius 3 is 3.00 bits per heavy atom. The van der Waals surface area contributed by atoms with Crippen molar-refractivity contribution in [2.24, 2.45) is 11.8 Å². The number of aldehydes is 1. The van der Waals surface area contributed by atoms with Gasteiger partial charge in [-0.05, 0) is 31.4 Å². The van der Waals surface area contributed by atoms with Gasteiger partial charge in [-0.1, -0.05) is 18.2 Å². The Hall–Kier alpha value is -2.56. The van der Waals surface area contributed by atoms with E-state index in [9.17, 15) is 9.59 Å². The zero-order valence-corrected chi connectivity index (χ0v) is 14.1. The van der Waals surface area contributed by atoms with Gasteiger partial charge in [0.15, 0.2) is 0 Å². The molecule has 5 rings (SSSR count). The predicted molar refractivity (Wildman–Crippen MR) is 92.7 cm³/mol. The van der Waals surface area contributed by atoms with Gasteiger partial charge in [0.05, 0.1) is 23.8 Å². The second kappa shape index (κ2) is 5.22. The summed E-state index contributed by atoms with van der Waals surface area (Å²) in [6, 6.07) is 8.31. The minimum absolute atomic E-state index is 0.0125. The van der Waals surface area contributed by atoms with Crippen molar-refractivity contribution in [3.63, 3.8) is 0 Å². The fourth-order valence-electron chi connectivity index (χ4n) is 4.80. The van der Waals surface area contributed by atoms with Crippen molar-refractivity contribution in [3.05, 3.63) is 47.4 Å². The van der Waals surface area contributed by atoms with Crippen LogP contribution in [-0.4, -0.2) is 34.7 Å². The molecule has 1 N–H and O–H groups in total. The number of piperidine rings is 1. The Labute approximate surface area is 145 Å². The summed E-state index contributed by atoms with van der Waals surface area (Å²) < 4.78 is 5.57. The lowest BCUT2D eigenvalue weighted by atomic mass is 9.73. The normalized spacial score (nSPS) is 30.8. The number of aromatic nitrogens is 1. The summed E-state index contributed by atoms with van der Waals surface area (Å²) in [5.74, 6) is -0.308. The number of amides is 1. The fraction of sp³-hybridized carbons (Fsp3) is 0.400. The molecule has 2 aromatic rings. The molecule has 0 unspecified atom stereocenters.